The molecule has 5 aliphatic rings. The molecule has 1 aromatic carbocycles. The van der Waals surface area contributed by atoms with Crippen LogP contribution in [0.4, 0.5) is 0 Å². The summed E-state index contributed by atoms with van der Waals surface area (Å²) in [7, 11) is 0. The fourth-order valence-corrected chi connectivity index (χ4v) is 6.39. The number of hydrogen-bond acceptors (Lipinski definition) is 5. The molecule has 1 aromatic rings. The molecular formula is C23H31NO6. The number of aliphatic carboxylic acids is 2. The first-order valence-electron chi connectivity index (χ1n) is 10.9. The first kappa shape index (κ1) is 21.0. The van der Waals surface area contributed by atoms with Crippen molar-refractivity contribution >= 4 is 11.9 Å². The number of ether oxygens (including phenoxy) is 2. The monoisotopic (exact) mass is 417 g/mol. The fourth-order valence-electron chi connectivity index (χ4n) is 6.39. The third kappa shape index (κ3) is 4.41. The van der Waals surface area contributed by atoms with Gasteiger partial charge < -0.3 is 25.0 Å². The Labute approximate surface area is 176 Å². The average molecular weight is 418 g/mol. The zero-order valence-corrected chi connectivity index (χ0v) is 17.4. The van der Waals surface area contributed by atoms with Crippen LogP contribution in [0.25, 0.3) is 0 Å². The summed E-state index contributed by atoms with van der Waals surface area (Å²) in [6.07, 6.45) is 8.97. The normalized spacial score (nSPS) is 31.4. The summed E-state index contributed by atoms with van der Waals surface area (Å²) in [5, 5.41) is 18.6. The van der Waals surface area contributed by atoms with Crippen LogP contribution in [-0.2, 0) is 16.1 Å². The van der Waals surface area contributed by atoms with Gasteiger partial charge in [-0.25, -0.2) is 9.59 Å². The molecule has 1 heterocycles. The number of rotatable bonds is 4. The highest BCUT2D eigenvalue weighted by Crippen LogP contribution is 2.61. The molecule has 1 atom stereocenters. The number of hydrogen-bond donors (Lipinski definition) is 3. The fraction of sp³-hybridized carbons (Fsp3) is 0.652. The summed E-state index contributed by atoms with van der Waals surface area (Å²) >= 11 is 0. The minimum absolute atomic E-state index is 0.572. The number of fused-ring (bicyclic) bond motifs is 1. The Morgan fingerprint density at radius 1 is 1.00 bits per heavy atom. The summed E-state index contributed by atoms with van der Waals surface area (Å²) in [6, 6.07) is 6.99. The molecule has 0 spiro atoms. The van der Waals surface area contributed by atoms with Crippen LogP contribution in [0.1, 0.15) is 51.0 Å². The van der Waals surface area contributed by atoms with E-state index in [1.807, 2.05) is 0 Å². The van der Waals surface area contributed by atoms with Gasteiger partial charge in [-0.3, -0.25) is 0 Å². The predicted octanol–water partition coefficient (Wildman–Crippen LogP) is 3.31. The number of carbonyl (C=O) groups is 2. The van der Waals surface area contributed by atoms with Crippen molar-refractivity contribution in [1.29, 1.82) is 0 Å². The van der Waals surface area contributed by atoms with Gasteiger partial charge in [0, 0.05) is 12.6 Å². The van der Waals surface area contributed by atoms with Gasteiger partial charge in [-0.1, -0.05) is 6.07 Å². The van der Waals surface area contributed by atoms with Gasteiger partial charge in [0.25, 0.3) is 0 Å². The molecule has 164 valence electrons. The molecule has 4 bridgehead atoms. The molecule has 7 nitrogen and oxygen atoms in total. The molecule has 0 saturated heterocycles. The molecule has 0 amide bonds. The first-order valence-corrected chi connectivity index (χ1v) is 10.9. The van der Waals surface area contributed by atoms with Gasteiger partial charge in [0.15, 0.2) is 11.5 Å². The van der Waals surface area contributed by atoms with E-state index in [2.05, 4.69) is 30.4 Å². The first-order chi connectivity index (χ1) is 14.3. The lowest BCUT2D eigenvalue weighted by Gasteiger charge is -2.59. The van der Waals surface area contributed by atoms with Crippen molar-refractivity contribution in [2.75, 3.05) is 13.2 Å². The Morgan fingerprint density at radius 2 is 1.53 bits per heavy atom. The Hall–Kier alpha value is -2.28. The Bertz CT molecular complexity index is 760. The molecule has 4 fully saturated rings. The van der Waals surface area contributed by atoms with E-state index in [-0.39, 0.29) is 0 Å². The number of carboxylic acids is 2. The molecule has 0 aromatic heterocycles. The largest absolute Gasteiger partial charge is 0.486 e. The van der Waals surface area contributed by atoms with Gasteiger partial charge in [0.05, 0.1) is 0 Å². The van der Waals surface area contributed by atoms with E-state index in [9.17, 15) is 0 Å². The van der Waals surface area contributed by atoms with Gasteiger partial charge >= 0.3 is 11.9 Å². The maximum Gasteiger partial charge on any atom is 0.414 e. The van der Waals surface area contributed by atoms with Crippen molar-refractivity contribution in [3.63, 3.8) is 0 Å². The minimum Gasteiger partial charge on any atom is -0.486 e. The molecular weight excluding hydrogens is 386 g/mol. The van der Waals surface area contributed by atoms with Crippen LogP contribution in [0.5, 0.6) is 11.5 Å². The van der Waals surface area contributed by atoms with Gasteiger partial charge in [0.1, 0.15) is 13.2 Å². The number of nitrogens with one attached hydrogen (secondary N) is 1. The van der Waals surface area contributed by atoms with Crippen LogP contribution >= 0.6 is 0 Å². The summed E-state index contributed by atoms with van der Waals surface area (Å²) in [5.74, 6) is 1.21. The molecule has 30 heavy (non-hydrogen) atoms. The molecule has 1 aliphatic heterocycles. The van der Waals surface area contributed by atoms with E-state index in [4.69, 9.17) is 29.3 Å². The van der Waals surface area contributed by atoms with Crippen molar-refractivity contribution in [2.24, 2.45) is 23.2 Å². The molecule has 3 N–H and O–H groups in total. The van der Waals surface area contributed by atoms with Crippen molar-refractivity contribution in [3.8, 4) is 11.5 Å². The van der Waals surface area contributed by atoms with Crippen molar-refractivity contribution in [3.05, 3.63) is 23.8 Å². The lowest BCUT2D eigenvalue weighted by molar-refractivity contribution is -0.159. The minimum atomic E-state index is -1.82. The topological polar surface area (TPSA) is 105 Å². The Balaban J connectivity index is 0.000000322. The van der Waals surface area contributed by atoms with Crippen LogP contribution in [-0.4, -0.2) is 41.4 Å². The molecule has 4 saturated carbocycles. The smallest absolute Gasteiger partial charge is 0.414 e. The van der Waals surface area contributed by atoms with Crippen LogP contribution in [0.3, 0.4) is 0 Å². The molecule has 4 aliphatic carbocycles. The standard InChI is InChI=1S/C21H29NO2.C2H2O4/c1-14(21-10-16-6-17(11-21)8-18(7-16)12-21)22-13-15-2-3-19-20(9-15)24-5-4-23-19;3-1(4)2(5)6/h2-3,9,14,16-18,22H,4-8,10-13H2,1H3;(H,3,4)(H,5,6). The van der Waals surface area contributed by atoms with Gasteiger partial charge in [-0.15, -0.1) is 0 Å². The second kappa shape index (κ2) is 8.46. The van der Waals surface area contributed by atoms with E-state index in [1.165, 1.54) is 44.1 Å². The van der Waals surface area contributed by atoms with Gasteiger partial charge in [-0.05, 0) is 86.3 Å². The quantitative estimate of drug-likeness (QED) is 0.646. The lowest BCUT2D eigenvalue weighted by atomic mass is 9.48. The summed E-state index contributed by atoms with van der Waals surface area (Å²) in [4.78, 5) is 18.2. The second-order valence-corrected chi connectivity index (χ2v) is 9.47. The van der Waals surface area contributed by atoms with E-state index >= 15 is 0 Å². The second-order valence-electron chi connectivity index (χ2n) is 9.47. The Morgan fingerprint density at radius 3 is 2.07 bits per heavy atom. The molecule has 0 radical (unpaired) electrons. The third-order valence-corrected chi connectivity index (χ3v) is 7.41. The SMILES string of the molecule is CC(NCc1ccc2c(c1)OCCO2)C12CC3CC(CC(C3)C1)C2.O=C(O)C(=O)O. The Kier molecular flexibility index (Phi) is 5.91. The van der Waals surface area contributed by atoms with Crippen LogP contribution in [0, 0.1) is 23.2 Å². The summed E-state index contributed by atoms with van der Waals surface area (Å²) < 4.78 is 11.3. The lowest BCUT2D eigenvalue weighted by Crippen LogP contribution is -2.54. The molecule has 1 unspecified atom stereocenters. The van der Waals surface area contributed by atoms with Crippen LogP contribution in [0.2, 0.25) is 0 Å². The van der Waals surface area contributed by atoms with Crippen molar-refractivity contribution in [1.82, 2.24) is 5.32 Å². The number of benzene rings is 1. The highest BCUT2D eigenvalue weighted by Gasteiger charge is 2.52. The van der Waals surface area contributed by atoms with E-state index in [1.54, 1.807) is 0 Å². The maximum absolute atomic E-state index is 9.10. The van der Waals surface area contributed by atoms with Gasteiger partial charge in [-0.2, -0.15) is 0 Å². The van der Waals surface area contributed by atoms with E-state index in [0.29, 0.717) is 24.7 Å². The molecule has 6 rings (SSSR count). The predicted molar refractivity (Wildman–Crippen MR) is 110 cm³/mol. The zero-order chi connectivity index (χ0) is 21.3. The maximum atomic E-state index is 9.10. The van der Waals surface area contributed by atoms with Crippen LogP contribution in [0.15, 0.2) is 18.2 Å². The molecule has 7 heteroatoms. The average Bonchev–Trinajstić information content (AvgIpc) is 2.71. The summed E-state index contributed by atoms with van der Waals surface area (Å²) in [5.41, 5.74) is 1.87. The highest BCUT2D eigenvalue weighted by molar-refractivity contribution is 6.27. The summed E-state index contributed by atoms with van der Waals surface area (Å²) in [6.45, 7) is 4.69. The third-order valence-electron chi connectivity index (χ3n) is 7.41. The zero-order valence-electron chi connectivity index (χ0n) is 17.4. The van der Waals surface area contributed by atoms with E-state index < -0.39 is 11.9 Å². The highest BCUT2D eigenvalue weighted by atomic mass is 16.6. The van der Waals surface area contributed by atoms with Crippen molar-refractivity contribution < 1.29 is 29.3 Å². The van der Waals surface area contributed by atoms with E-state index in [0.717, 1.165) is 35.8 Å². The van der Waals surface area contributed by atoms with Crippen LogP contribution < -0.4 is 14.8 Å². The van der Waals surface area contributed by atoms with Crippen molar-refractivity contribution in [2.45, 2.75) is 58.0 Å². The number of carboxylic acid groups (broad SMARTS) is 2. The van der Waals surface area contributed by atoms with Gasteiger partial charge in [0.2, 0.25) is 0 Å².